The average molecular weight is 189 g/mol. The molecule has 76 valence electrons. The highest BCUT2D eigenvalue weighted by Crippen LogP contribution is 2.30. The molecule has 0 N–H and O–H groups in total. The van der Waals surface area contributed by atoms with Crippen LogP contribution < -0.4 is 0 Å². The van der Waals surface area contributed by atoms with E-state index in [1.165, 1.54) is 19.3 Å². The Morgan fingerprint density at radius 1 is 1.71 bits per heavy atom. The molecule has 1 heteroatoms. The highest BCUT2D eigenvalue weighted by Gasteiger charge is 2.17. The van der Waals surface area contributed by atoms with Gasteiger partial charge >= 0.3 is 0 Å². The number of nitriles is 1. The second-order valence-electron chi connectivity index (χ2n) is 4.33. The van der Waals surface area contributed by atoms with Gasteiger partial charge in [0, 0.05) is 6.08 Å². The van der Waals surface area contributed by atoms with Crippen LogP contribution in [0.3, 0.4) is 0 Å². The molecule has 0 aromatic heterocycles. The van der Waals surface area contributed by atoms with E-state index in [0.29, 0.717) is 5.92 Å². The molecule has 2 atom stereocenters. The Kier molecular flexibility index (Phi) is 4.46. The third-order valence-electron chi connectivity index (χ3n) is 3.18. The number of hydrogen-bond acceptors (Lipinski definition) is 1. The van der Waals surface area contributed by atoms with Crippen LogP contribution in [0.15, 0.2) is 23.8 Å². The molecule has 14 heavy (non-hydrogen) atoms. The molecule has 0 saturated heterocycles. The molecule has 0 heterocycles. The fourth-order valence-electron chi connectivity index (χ4n) is 2.03. The van der Waals surface area contributed by atoms with Gasteiger partial charge in [0.05, 0.1) is 6.07 Å². The Labute approximate surface area is 87.1 Å². The Morgan fingerprint density at radius 3 is 3.07 bits per heavy atom. The van der Waals surface area contributed by atoms with Crippen molar-refractivity contribution in [3.63, 3.8) is 0 Å². The number of nitrogens with zero attached hydrogens (tertiary/aromatic N) is 1. The molecule has 0 amide bonds. The van der Waals surface area contributed by atoms with Crippen molar-refractivity contribution in [2.75, 3.05) is 0 Å². The van der Waals surface area contributed by atoms with Crippen LogP contribution in [0.25, 0.3) is 0 Å². The van der Waals surface area contributed by atoms with Crippen molar-refractivity contribution in [1.82, 2.24) is 0 Å². The minimum Gasteiger partial charge on any atom is -0.193 e. The van der Waals surface area contributed by atoms with Crippen molar-refractivity contribution in [2.45, 2.75) is 39.5 Å². The summed E-state index contributed by atoms with van der Waals surface area (Å²) < 4.78 is 0. The summed E-state index contributed by atoms with van der Waals surface area (Å²) in [7, 11) is 0. The molecule has 1 aliphatic carbocycles. The van der Waals surface area contributed by atoms with Crippen LogP contribution in [0.4, 0.5) is 0 Å². The normalized spacial score (nSPS) is 24.4. The van der Waals surface area contributed by atoms with Crippen LogP contribution in [0.5, 0.6) is 0 Å². The highest BCUT2D eigenvalue weighted by molar-refractivity contribution is 5.05. The fourth-order valence-corrected chi connectivity index (χ4v) is 2.03. The molecule has 1 aliphatic rings. The van der Waals surface area contributed by atoms with Crippen LogP contribution in [0.1, 0.15) is 39.5 Å². The van der Waals surface area contributed by atoms with E-state index in [0.717, 1.165) is 12.3 Å². The van der Waals surface area contributed by atoms with Crippen molar-refractivity contribution in [3.05, 3.63) is 23.8 Å². The molecular formula is C13H19N. The number of allylic oxidation sites excluding steroid dienone is 4. The van der Waals surface area contributed by atoms with Crippen LogP contribution in [-0.4, -0.2) is 0 Å². The zero-order valence-corrected chi connectivity index (χ0v) is 9.16. The highest BCUT2D eigenvalue weighted by atomic mass is 14.2. The Bertz CT molecular complexity index is 267. The molecule has 0 fully saturated rings. The first-order valence-electron chi connectivity index (χ1n) is 5.44. The van der Waals surface area contributed by atoms with E-state index in [9.17, 15) is 0 Å². The van der Waals surface area contributed by atoms with E-state index in [1.54, 1.807) is 11.6 Å². The molecule has 1 nitrogen and oxygen atoms in total. The summed E-state index contributed by atoms with van der Waals surface area (Å²) in [4.78, 5) is 0. The molecule has 1 rings (SSSR count). The quantitative estimate of drug-likeness (QED) is 0.489. The summed E-state index contributed by atoms with van der Waals surface area (Å²) in [6.07, 6.45) is 10.8. The van der Waals surface area contributed by atoms with Gasteiger partial charge < -0.3 is 0 Å². The van der Waals surface area contributed by atoms with E-state index in [1.807, 2.05) is 12.1 Å². The van der Waals surface area contributed by atoms with Gasteiger partial charge in [0.25, 0.3) is 0 Å². The second kappa shape index (κ2) is 5.65. The van der Waals surface area contributed by atoms with Crippen LogP contribution >= 0.6 is 0 Å². The van der Waals surface area contributed by atoms with Gasteiger partial charge in [0.2, 0.25) is 0 Å². The summed E-state index contributed by atoms with van der Waals surface area (Å²) in [5.74, 6) is 1.53. The van der Waals surface area contributed by atoms with Gasteiger partial charge in [-0.15, -0.1) is 0 Å². The predicted molar refractivity (Wildman–Crippen MR) is 59.6 cm³/mol. The Hall–Kier alpha value is -1.03. The summed E-state index contributed by atoms with van der Waals surface area (Å²) in [5.41, 5.74) is 1.54. The number of rotatable bonds is 3. The van der Waals surface area contributed by atoms with Gasteiger partial charge in [0.15, 0.2) is 0 Å². The third kappa shape index (κ3) is 3.38. The molecular weight excluding hydrogens is 170 g/mol. The lowest BCUT2D eigenvalue weighted by atomic mass is 9.80. The first-order chi connectivity index (χ1) is 6.74. The maximum Gasteiger partial charge on any atom is 0.0908 e. The minimum absolute atomic E-state index is 0.712. The maximum absolute atomic E-state index is 8.38. The monoisotopic (exact) mass is 189 g/mol. The fraction of sp³-hybridized carbons (Fsp3) is 0.615. The third-order valence-corrected chi connectivity index (χ3v) is 3.18. The van der Waals surface area contributed by atoms with Crippen molar-refractivity contribution in [2.24, 2.45) is 11.8 Å². The second-order valence-corrected chi connectivity index (χ2v) is 4.33. The van der Waals surface area contributed by atoms with E-state index >= 15 is 0 Å². The van der Waals surface area contributed by atoms with Crippen molar-refractivity contribution in [1.29, 1.82) is 5.26 Å². The molecule has 0 aromatic rings. The zero-order chi connectivity index (χ0) is 10.4. The summed E-state index contributed by atoms with van der Waals surface area (Å²) in [6.45, 7) is 4.51. The topological polar surface area (TPSA) is 23.8 Å². The maximum atomic E-state index is 8.38. The first-order valence-corrected chi connectivity index (χ1v) is 5.44. The average Bonchev–Trinajstić information content (AvgIpc) is 2.19. The van der Waals surface area contributed by atoms with Crippen LogP contribution in [0.2, 0.25) is 0 Å². The standard InChI is InChI=1S/C13H19N/c1-11-6-8-13(9-7-11)12(2)5-3-4-10-14/h3-4,6,12-13H,5,7-9H2,1-2H3/b4-3+/t12?,13-/m1/s1. The molecule has 0 radical (unpaired) electrons. The Balaban J connectivity index is 2.35. The molecule has 1 unspecified atom stereocenters. The van der Waals surface area contributed by atoms with Gasteiger partial charge in [-0.1, -0.05) is 24.6 Å². The van der Waals surface area contributed by atoms with Crippen molar-refractivity contribution in [3.8, 4) is 6.07 Å². The molecule has 0 aliphatic heterocycles. The molecule has 0 spiro atoms. The Morgan fingerprint density at radius 2 is 2.50 bits per heavy atom. The first kappa shape index (κ1) is 11.0. The van der Waals surface area contributed by atoms with E-state index in [4.69, 9.17) is 5.26 Å². The van der Waals surface area contributed by atoms with Gasteiger partial charge in [-0.3, -0.25) is 0 Å². The minimum atomic E-state index is 0.712. The van der Waals surface area contributed by atoms with E-state index < -0.39 is 0 Å². The zero-order valence-electron chi connectivity index (χ0n) is 9.16. The lowest BCUT2D eigenvalue weighted by Gasteiger charge is -2.25. The lowest BCUT2D eigenvalue weighted by Crippen LogP contribution is -2.13. The smallest absolute Gasteiger partial charge is 0.0908 e. The lowest BCUT2D eigenvalue weighted by molar-refractivity contribution is 0.330. The van der Waals surface area contributed by atoms with E-state index in [2.05, 4.69) is 19.9 Å². The van der Waals surface area contributed by atoms with Crippen molar-refractivity contribution >= 4 is 0 Å². The SMILES string of the molecule is CC1=CC[C@@H](C(C)C/C=C/C#N)CC1. The van der Waals surface area contributed by atoms with Gasteiger partial charge in [-0.25, -0.2) is 0 Å². The van der Waals surface area contributed by atoms with Crippen LogP contribution in [-0.2, 0) is 0 Å². The van der Waals surface area contributed by atoms with Crippen LogP contribution in [0, 0.1) is 23.2 Å². The largest absolute Gasteiger partial charge is 0.193 e. The predicted octanol–water partition coefficient (Wildman–Crippen LogP) is 3.84. The number of hydrogen-bond donors (Lipinski definition) is 0. The molecule has 0 aromatic carbocycles. The summed E-state index contributed by atoms with van der Waals surface area (Å²) in [5, 5.41) is 8.38. The summed E-state index contributed by atoms with van der Waals surface area (Å²) in [6, 6.07) is 2.04. The molecule has 0 saturated carbocycles. The van der Waals surface area contributed by atoms with Gasteiger partial charge in [-0.05, 0) is 44.4 Å². The van der Waals surface area contributed by atoms with Crippen molar-refractivity contribution < 1.29 is 0 Å². The van der Waals surface area contributed by atoms with E-state index in [-0.39, 0.29) is 0 Å². The summed E-state index contributed by atoms with van der Waals surface area (Å²) >= 11 is 0. The van der Waals surface area contributed by atoms with Gasteiger partial charge in [0.1, 0.15) is 0 Å². The molecule has 0 bridgehead atoms. The van der Waals surface area contributed by atoms with Gasteiger partial charge in [-0.2, -0.15) is 5.26 Å².